The van der Waals surface area contributed by atoms with E-state index in [1.807, 2.05) is 77.6 Å². The van der Waals surface area contributed by atoms with Gasteiger partial charge in [-0.3, -0.25) is 4.79 Å². The van der Waals surface area contributed by atoms with Crippen molar-refractivity contribution in [3.8, 4) is 11.4 Å². The van der Waals surface area contributed by atoms with Gasteiger partial charge in [0.15, 0.2) is 0 Å². The summed E-state index contributed by atoms with van der Waals surface area (Å²) in [4.78, 5) is 12.3. The number of hydrogen-bond acceptors (Lipinski definition) is 3. The van der Waals surface area contributed by atoms with Crippen molar-refractivity contribution in [1.82, 2.24) is 9.99 Å². The van der Waals surface area contributed by atoms with Gasteiger partial charge in [0.25, 0.3) is 5.91 Å². The number of benzene rings is 3. The lowest BCUT2D eigenvalue weighted by Crippen LogP contribution is -2.17. The van der Waals surface area contributed by atoms with Gasteiger partial charge in [0.1, 0.15) is 12.4 Å². The van der Waals surface area contributed by atoms with Gasteiger partial charge in [-0.25, -0.2) is 5.43 Å². The molecule has 4 aromatic rings. The minimum absolute atomic E-state index is 0.256. The number of amides is 1. The molecule has 1 amide bonds. The van der Waals surface area contributed by atoms with Gasteiger partial charge in [-0.2, -0.15) is 5.10 Å². The van der Waals surface area contributed by atoms with Crippen LogP contribution in [0.4, 0.5) is 0 Å². The molecule has 5 nitrogen and oxygen atoms in total. The van der Waals surface area contributed by atoms with Crippen molar-refractivity contribution in [3.05, 3.63) is 120 Å². The molecule has 31 heavy (non-hydrogen) atoms. The van der Waals surface area contributed by atoms with Crippen molar-refractivity contribution in [2.75, 3.05) is 0 Å². The Bertz CT molecular complexity index is 1160. The average Bonchev–Trinajstić information content (AvgIpc) is 3.34. The van der Waals surface area contributed by atoms with E-state index >= 15 is 0 Å². The quantitative estimate of drug-likeness (QED) is 0.340. The Balaban J connectivity index is 1.29. The van der Waals surface area contributed by atoms with Gasteiger partial charge in [0, 0.05) is 23.6 Å². The monoisotopic (exact) mass is 409 g/mol. The Labute approximate surface area is 181 Å². The average molecular weight is 409 g/mol. The first-order valence-electron chi connectivity index (χ1n) is 10.0. The lowest BCUT2D eigenvalue weighted by molar-refractivity contribution is 0.0955. The molecule has 0 radical (unpaired) electrons. The zero-order valence-electron chi connectivity index (χ0n) is 17.2. The summed E-state index contributed by atoms with van der Waals surface area (Å²) in [6.45, 7) is 2.60. The molecule has 1 aromatic heterocycles. The van der Waals surface area contributed by atoms with E-state index < -0.39 is 0 Å². The molecule has 3 aromatic carbocycles. The van der Waals surface area contributed by atoms with Crippen LogP contribution in [-0.4, -0.2) is 16.7 Å². The van der Waals surface area contributed by atoms with Crippen molar-refractivity contribution in [2.45, 2.75) is 13.5 Å². The summed E-state index contributed by atoms with van der Waals surface area (Å²) in [5, 5.41) is 4.05. The Hall–Kier alpha value is -4.12. The molecular weight excluding hydrogens is 386 g/mol. The summed E-state index contributed by atoms with van der Waals surface area (Å²) in [5.74, 6) is 0.528. The highest BCUT2D eigenvalue weighted by atomic mass is 16.5. The molecule has 0 spiro atoms. The standard InChI is InChI=1S/C26H23N3O2/c1-20-6-2-3-7-23(20)19-31-25-14-8-21(9-15-25)18-27-28-26(30)22-10-12-24(13-11-22)29-16-4-5-17-29/h2-18H,19H2,1H3,(H,28,30)/b27-18+. The molecule has 0 unspecified atom stereocenters. The Morgan fingerprint density at radius 1 is 0.935 bits per heavy atom. The number of carbonyl (C=O) groups excluding carboxylic acids is 1. The van der Waals surface area contributed by atoms with E-state index in [1.54, 1.807) is 18.3 Å². The molecule has 0 fully saturated rings. The lowest BCUT2D eigenvalue weighted by atomic mass is 10.1. The SMILES string of the molecule is Cc1ccccc1COc1ccc(/C=N/NC(=O)c2ccc(-n3cccc3)cc2)cc1. The maximum atomic E-state index is 12.3. The number of rotatable bonds is 7. The van der Waals surface area contributed by atoms with Crippen LogP contribution in [0.3, 0.4) is 0 Å². The summed E-state index contributed by atoms with van der Waals surface area (Å²) >= 11 is 0. The fourth-order valence-corrected chi connectivity index (χ4v) is 3.10. The smallest absolute Gasteiger partial charge is 0.271 e. The summed E-state index contributed by atoms with van der Waals surface area (Å²) in [6, 6.07) is 27.0. The van der Waals surface area contributed by atoms with Crippen molar-refractivity contribution >= 4 is 12.1 Å². The van der Waals surface area contributed by atoms with Crippen LogP contribution in [0.1, 0.15) is 27.0 Å². The first kappa shape index (κ1) is 20.2. The molecule has 1 heterocycles. The number of hydrogen-bond donors (Lipinski definition) is 1. The normalized spacial score (nSPS) is 10.9. The van der Waals surface area contributed by atoms with Gasteiger partial charge in [0.05, 0.1) is 6.21 Å². The van der Waals surface area contributed by atoms with Crippen LogP contribution in [0.15, 0.2) is 102 Å². The van der Waals surface area contributed by atoms with E-state index in [0.29, 0.717) is 12.2 Å². The number of carbonyl (C=O) groups is 1. The van der Waals surface area contributed by atoms with E-state index in [1.165, 1.54) is 5.56 Å². The zero-order valence-corrected chi connectivity index (χ0v) is 17.2. The molecule has 0 aliphatic heterocycles. The van der Waals surface area contributed by atoms with E-state index in [4.69, 9.17) is 4.74 Å². The van der Waals surface area contributed by atoms with Gasteiger partial charge in [-0.15, -0.1) is 0 Å². The summed E-state index contributed by atoms with van der Waals surface area (Å²) < 4.78 is 7.83. The zero-order chi connectivity index (χ0) is 21.5. The maximum absolute atomic E-state index is 12.3. The van der Waals surface area contributed by atoms with Crippen LogP contribution in [0.25, 0.3) is 5.69 Å². The molecule has 0 aliphatic rings. The fraction of sp³-hybridized carbons (Fsp3) is 0.0769. The molecule has 0 aliphatic carbocycles. The molecule has 5 heteroatoms. The number of ether oxygens (including phenoxy) is 1. The third kappa shape index (κ3) is 5.28. The summed E-state index contributed by atoms with van der Waals surface area (Å²) in [7, 11) is 0. The number of aromatic nitrogens is 1. The van der Waals surface area contributed by atoms with E-state index in [2.05, 4.69) is 29.6 Å². The van der Waals surface area contributed by atoms with E-state index in [9.17, 15) is 4.79 Å². The second-order valence-electron chi connectivity index (χ2n) is 7.12. The highest BCUT2D eigenvalue weighted by Gasteiger charge is 2.04. The Kier molecular flexibility index (Phi) is 6.24. The number of nitrogens with one attached hydrogen (secondary N) is 1. The van der Waals surface area contributed by atoms with Crippen LogP contribution in [0.2, 0.25) is 0 Å². The third-order valence-corrected chi connectivity index (χ3v) is 4.95. The molecule has 154 valence electrons. The van der Waals surface area contributed by atoms with Gasteiger partial charge in [0.2, 0.25) is 0 Å². The largest absolute Gasteiger partial charge is 0.489 e. The highest BCUT2D eigenvalue weighted by Crippen LogP contribution is 2.15. The predicted octanol–water partition coefficient (Wildman–Crippen LogP) is 5.13. The summed E-state index contributed by atoms with van der Waals surface area (Å²) in [6.07, 6.45) is 5.52. The molecule has 0 saturated carbocycles. The number of aryl methyl sites for hydroxylation is 1. The van der Waals surface area contributed by atoms with Crippen molar-refractivity contribution in [1.29, 1.82) is 0 Å². The Morgan fingerprint density at radius 3 is 2.35 bits per heavy atom. The molecule has 4 rings (SSSR count). The van der Waals surface area contributed by atoms with Gasteiger partial charge < -0.3 is 9.30 Å². The number of hydrazone groups is 1. The molecule has 0 bridgehead atoms. The predicted molar refractivity (Wildman–Crippen MR) is 123 cm³/mol. The lowest BCUT2D eigenvalue weighted by Gasteiger charge is -2.08. The topological polar surface area (TPSA) is 55.6 Å². The molecule has 1 N–H and O–H groups in total. The second-order valence-corrected chi connectivity index (χ2v) is 7.12. The van der Waals surface area contributed by atoms with Crippen LogP contribution in [0, 0.1) is 6.92 Å². The van der Waals surface area contributed by atoms with Crippen LogP contribution in [-0.2, 0) is 6.61 Å². The molecule has 0 atom stereocenters. The van der Waals surface area contributed by atoms with Crippen molar-refractivity contribution in [3.63, 3.8) is 0 Å². The van der Waals surface area contributed by atoms with E-state index in [0.717, 1.165) is 22.6 Å². The second kappa shape index (κ2) is 9.59. The van der Waals surface area contributed by atoms with Crippen molar-refractivity contribution < 1.29 is 9.53 Å². The molecule has 0 saturated heterocycles. The fourth-order valence-electron chi connectivity index (χ4n) is 3.10. The van der Waals surface area contributed by atoms with E-state index in [-0.39, 0.29) is 5.91 Å². The third-order valence-electron chi connectivity index (χ3n) is 4.95. The van der Waals surface area contributed by atoms with Crippen LogP contribution >= 0.6 is 0 Å². The van der Waals surface area contributed by atoms with Crippen LogP contribution < -0.4 is 10.2 Å². The van der Waals surface area contributed by atoms with Gasteiger partial charge in [-0.05, 0) is 84.3 Å². The first-order chi connectivity index (χ1) is 15.2. The number of nitrogens with zero attached hydrogens (tertiary/aromatic N) is 2. The maximum Gasteiger partial charge on any atom is 0.271 e. The minimum atomic E-state index is -0.256. The minimum Gasteiger partial charge on any atom is -0.489 e. The van der Waals surface area contributed by atoms with Crippen molar-refractivity contribution in [2.24, 2.45) is 5.10 Å². The van der Waals surface area contributed by atoms with Crippen LogP contribution in [0.5, 0.6) is 5.75 Å². The first-order valence-corrected chi connectivity index (χ1v) is 10.0. The summed E-state index contributed by atoms with van der Waals surface area (Å²) in [5.41, 5.74) is 7.35. The molecular formula is C26H23N3O2. The highest BCUT2D eigenvalue weighted by molar-refractivity contribution is 5.95. The van der Waals surface area contributed by atoms with Gasteiger partial charge >= 0.3 is 0 Å². The van der Waals surface area contributed by atoms with Gasteiger partial charge in [-0.1, -0.05) is 24.3 Å². The Morgan fingerprint density at radius 2 is 1.65 bits per heavy atom.